The van der Waals surface area contributed by atoms with Gasteiger partial charge in [0.1, 0.15) is 0 Å². The number of hydrogen-bond donors (Lipinski definition) is 2. The van der Waals surface area contributed by atoms with Gasteiger partial charge in [-0.1, -0.05) is 0 Å². The molecule has 1 heterocycles. The van der Waals surface area contributed by atoms with E-state index in [4.69, 9.17) is 9.90 Å². The largest absolute Gasteiger partial charge is 0.483 e. The molecule has 72 valence electrons. The second-order valence-corrected chi connectivity index (χ2v) is 2.99. The van der Waals surface area contributed by atoms with Gasteiger partial charge in [-0.2, -0.15) is 0 Å². The van der Waals surface area contributed by atoms with E-state index in [0.717, 1.165) is 19.1 Å². The molecule has 4 heteroatoms. The smallest absolute Gasteiger partial charge is 0.290 e. The van der Waals surface area contributed by atoms with Crippen molar-refractivity contribution in [2.45, 2.75) is 19.9 Å². The second kappa shape index (κ2) is 7.06. The van der Waals surface area contributed by atoms with Gasteiger partial charge in [0.25, 0.3) is 6.47 Å². The fraction of sp³-hybridized carbons (Fsp3) is 0.875. The summed E-state index contributed by atoms with van der Waals surface area (Å²) < 4.78 is 0. The minimum atomic E-state index is -0.250. The van der Waals surface area contributed by atoms with Crippen LogP contribution in [0.3, 0.4) is 0 Å². The molecule has 0 aromatic heterocycles. The minimum absolute atomic E-state index is 0.250. The summed E-state index contributed by atoms with van der Waals surface area (Å²) in [7, 11) is 0. The van der Waals surface area contributed by atoms with Crippen LogP contribution >= 0.6 is 0 Å². The van der Waals surface area contributed by atoms with Crippen LogP contribution in [0.5, 0.6) is 0 Å². The molecule has 0 radical (unpaired) electrons. The van der Waals surface area contributed by atoms with Gasteiger partial charge < -0.3 is 10.4 Å². The number of nitrogens with zero attached hydrogens (tertiary/aromatic N) is 1. The Hall–Kier alpha value is -0.610. The Kier molecular flexibility index (Phi) is 6.70. The van der Waals surface area contributed by atoms with Crippen LogP contribution in [0, 0.1) is 0 Å². The van der Waals surface area contributed by atoms with Crippen LogP contribution in [0.15, 0.2) is 0 Å². The van der Waals surface area contributed by atoms with E-state index in [1.165, 1.54) is 13.1 Å². The fourth-order valence-corrected chi connectivity index (χ4v) is 1.20. The molecular weight excluding hydrogens is 156 g/mol. The number of piperazine rings is 1. The molecule has 1 aliphatic heterocycles. The topological polar surface area (TPSA) is 52.6 Å². The lowest BCUT2D eigenvalue weighted by Crippen LogP contribution is -2.46. The summed E-state index contributed by atoms with van der Waals surface area (Å²) >= 11 is 0. The van der Waals surface area contributed by atoms with E-state index >= 15 is 0 Å². The van der Waals surface area contributed by atoms with Crippen LogP contribution in [0.25, 0.3) is 0 Å². The predicted octanol–water partition coefficient (Wildman–Crippen LogP) is 0.000800. The molecule has 0 aliphatic carbocycles. The van der Waals surface area contributed by atoms with Crippen LogP contribution in [0.4, 0.5) is 0 Å². The highest BCUT2D eigenvalue weighted by Gasteiger charge is 2.11. The zero-order chi connectivity index (χ0) is 9.40. The first kappa shape index (κ1) is 11.4. The van der Waals surface area contributed by atoms with Gasteiger partial charge in [0.15, 0.2) is 0 Å². The van der Waals surface area contributed by atoms with Crippen molar-refractivity contribution in [1.82, 2.24) is 10.2 Å². The van der Waals surface area contributed by atoms with Gasteiger partial charge in [-0.05, 0) is 13.8 Å². The van der Waals surface area contributed by atoms with Crippen LogP contribution in [0.2, 0.25) is 0 Å². The molecule has 1 fully saturated rings. The van der Waals surface area contributed by atoms with Crippen molar-refractivity contribution in [2.75, 3.05) is 26.2 Å². The first-order valence-electron chi connectivity index (χ1n) is 4.25. The standard InChI is InChI=1S/C7H16N2.CH2O2/c1-7(2)9-5-3-8-4-6-9;2-1-3/h7-8H,3-6H2,1-2H3;1H,(H,2,3). The second-order valence-electron chi connectivity index (χ2n) is 2.99. The molecule has 0 unspecified atom stereocenters. The normalized spacial score (nSPS) is 18.2. The van der Waals surface area contributed by atoms with E-state index in [9.17, 15) is 0 Å². The highest BCUT2D eigenvalue weighted by molar-refractivity contribution is 5.32. The molecule has 0 bridgehead atoms. The Balaban J connectivity index is 0.000000354. The number of hydrogen-bond acceptors (Lipinski definition) is 3. The quantitative estimate of drug-likeness (QED) is 0.549. The number of rotatable bonds is 1. The Morgan fingerprint density at radius 2 is 1.83 bits per heavy atom. The average molecular weight is 174 g/mol. The molecule has 1 aliphatic rings. The van der Waals surface area contributed by atoms with Crippen molar-refractivity contribution < 1.29 is 9.90 Å². The summed E-state index contributed by atoms with van der Waals surface area (Å²) in [6.45, 7) is 9.03. The van der Waals surface area contributed by atoms with Gasteiger partial charge in [0.05, 0.1) is 0 Å². The molecule has 0 amide bonds. The van der Waals surface area contributed by atoms with Gasteiger partial charge >= 0.3 is 0 Å². The third-order valence-electron chi connectivity index (χ3n) is 1.88. The lowest BCUT2D eigenvalue weighted by molar-refractivity contribution is -0.122. The van der Waals surface area contributed by atoms with Crippen molar-refractivity contribution in [3.63, 3.8) is 0 Å². The van der Waals surface area contributed by atoms with Gasteiger partial charge in [-0.25, -0.2) is 0 Å². The SMILES string of the molecule is CC(C)N1CCNCC1.O=CO. The van der Waals surface area contributed by atoms with Gasteiger partial charge in [-0.3, -0.25) is 9.69 Å². The van der Waals surface area contributed by atoms with Crippen molar-refractivity contribution in [2.24, 2.45) is 0 Å². The molecule has 1 rings (SSSR count). The summed E-state index contributed by atoms with van der Waals surface area (Å²) in [6, 6.07) is 0.729. The molecule has 2 N–H and O–H groups in total. The number of nitrogens with one attached hydrogen (secondary N) is 1. The van der Waals surface area contributed by atoms with E-state index in [1.807, 2.05) is 0 Å². The van der Waals surface area contributed by atoms with E-state index in [0.29, 0.717) is 0 Å². The molecule has 1 saturated heterocycles. The van der Waals surface area contributed by atoms with E-state index in [1.54, 1.807) is 0 Å². The fourth-order valence-electron chi connectivity index (χ4n) is 1.20. The summed E-state index contributed by atoms with van der Waals surface area (Å²) in [5, 5.41) is 10.2. The molecule has 12 heavy (non-hydrogen) atoms. The summed E-state index contributed by atoms with van der Waals surface area (Å²) in [4.78, 5) is 10.9. The van der Waals surface area contributed by atoms with Crippen molar-refractivity contribution in [3.8, 4) is 0 Å². The monoisotopic (exact) mass is 174 g/mol. The summed E-state index contributed by atoms with van der Waals surface area (Å²) in [6.07, 6.45) is 0. The molecule has 0 atom stereocenters. The van der Waals surface area contributed by atoms with E-state index in [2.05, 4.69) is 24.1 Å². The zero-order valence-corrected chi connectivity index (χ0v) is 7.79. The lowest BCUT2D eigenvalue weighted by atomic mass is 10.3. The Labute approximate surface area is 73.6 Å². The average Bonchev–Trinajstić information content (AvgIpc) is 2.07. The number of carbonyl (C=O) groups is 1. The maximum absolute atomic E-state index is 8.36. The summed E-state index contributed by atoms with van der Waals surface area (Å²) in [5.41, 5.74) is 0. The Morgan fingerprint density at radius 1 is 1.42 bits per heavy atom. The Morgan fingerprint density at radius 3 is 2.08 bits per heavy atom. The zero-order valence-electron chi connectivity index (χ0n) is 7.79. The van der Waals surface area contributed by atoms with Crippen LogP contribution < -0.4 is 5.32 Å². The maximum atomic E-state index is 8.36. The Bertz CT molecular complexity index is 112. The van der Waals surface area contributed by atoms with Gasteiger partial charge in [-0.15, -0.1) is 0 Å². The maximum Gasteiger partial charge on any atom is 0.290 e. The van der Waals surface area contributed by atoms with Gasteiger partial charge in [0, 0.05) is 32.2 Å². The summed E-state index contributed by atoms with van der Waals surface area (Å²) in [5.74, 6) is 0. The van der Waals surface area contributed by atoms with Gasteiger partial charge in [0.2, 0.25) is 0 Å². The van der Waals surface area contributed by atoms with Crippen molar-refractivity contribution in [1.29, 1.82) is 0 Å². The molecule has 0 aromatic carbocycles. The van der Waals surface area contributed by atoms with Crippen molar-refractivity contribution >= 4 is 6.47 Å². The van der Waals surface area contributed by atoms with Crippen LogP contribution in [-0.4, -0.2) is 48.7 Å². The molecule has 0 spiro atoms. The molecular formula is C8H18N2O2. The highest BCUT2D eigenvalue weighted by atomic mass is 16.3. The van der Waals surface area contributed by atoms with E-state index in [-0.39, 0.29) is 6.47 Å². The number of carboxylic acid groups (broad SMARTS) is 1. The minimum Gasteiger partial charge on any atom is -0.483 e. The predicted molar refractivity (Wildman–Crippen MR) is 48.3 cm³/mol. The molecule has 0 aromatic rings. The van der Waals surface area contributed by atoms with E-state index < -0.39 is 0 Å². The third kappa shape index (κ3) is 5.09. The van der Waals surface area contributed by atoms with Crippen LogP contribution in [-0.2, 0) is 4.79 Å². The molecule has 0 saturated carbocycles. The molecule has 4 nitrogen and oxygen atoms in total. The third-order valence-corrected chi connectivity index (χ3v) is 1.88. The first-order valence-corrected chi connectivity index (χ1v) is 4.25. The van der Waals surface area contributed by atoms with Crippen molar-refractivity contribution in [3.05, 3.63) is 0 Å². The van der Waals surface area contributed by atoms with Crippen LogP contribution in [0.1, 0.15) is 13.8 Å². The first-order chi connectivity index (χ1) is 5.72. The highest BCUT2D eigenvalue weighted by Crippen LogP contribution is 1.97. The lowest BCUT2D eigenvalue weighted by Gasteiger charge is -2.30.